The van der Waals surface area contributed by atoms with Crippen LogP contribution in [0, 0.1) is 0 Å². The van der Waals surface area contributed by atoms with Gasteiger partial charge in [-0.05, 0) is 148 Å². The van der Waals surface area contributed by atoms with Crippen molar-refractivity contribution in [3.8, 4) is 0 Å². The van der Waals surface area contributed by atoms with E-state index in [1.807, 2.05) is 21.1 Å². The predicted molar refractivity (Wildman–Crippen MR) is 444 cm³/mol. The molecule has 2 unspecified atom stereocenters. The summed E-state index contributed by atoms with van der Waals surface area (Å²) in [5, 5.41) is 11.9. The van der Waals surface area contributed by atoms with Crippen molar-refractivity contribution in [2.45, 2.75) is 322 Å². The number of quaternary nitrogens is 1. The third-order valence-electron chi connectivity index (χ3n) is 17.0. The Hall–Kier alpha value is -6.13. The van der Waals surface area contributed by atoms with Crippen molar-refractivity contribution < 1.29 is 42.9 Å². The van der Waals surface area contributed by atoms with Gasteiger partial charge >= 0.3 is 11.9 Å². The van der Waals surface area contributed by atoms with Crippen LogP contribution >= 0.6 is 0 Å². The summed E-state index contributed by atoms with van der Waals surface area (Å²) in [4.78, 5) is 37.7. The number of esters is 2. The lowest BCUT2D eigenvalue weighted by Gasteiger charge is -2.26. The number of carbonyl (C=O) groups excluding carboxylic acids is 3. The molecule has 0 spiro atoms. The number of nitrogens with zero attached hydrogens (tertiary/aromatic N) is 1. The molecule has 0 aromatic rings. The second-order valence-electron chi connectivity index (χ2n) is 27.9. The summed E-state index contributed by atoms with van der Waals surface area (Å²) >= 11 is 0. The van der Waals surface area contributed by atoms with Crippen LogP contribution in [-0.4, -0.2) is 82.3 Å². The molecule has 0 aromatic heterocycles. The van der Waals surface area contributed by atoms with E-state index in [0.717, 1.165) is 154 Å². The maximum Gasteiger partial charge on any atom is 0.306 e. The van der Waals surface area contributed by atoms with Gasteiger partial charge < -0.3 is 33.3 Å². The van der Waals surface area contributed by atoms with Crippen molar-refractivity contribution in [2.24, 2.45) is 0 Å². The molecule has 0 aliphatic heterocycles. The highest BCUT2D eigenvalue weighted by atomic mass is 16.7. The van der Waals surface area contributed by atoms with Gasteiger partial charge in [0, 0.05) is 12.8 Å². The number of rotatable bonds is 74. The van der Waals surface area contributed by atoms with E-state index >= 15 is 0 Å². The molecule has 103 heavy (non-hydrogen) atoms. The molecular weight excluding hydrogens is 1270 g/mol. The largest absolute Gasteiger partial charge is 0.545 e. The van der Waals surface area contributed by atoms with Crippen molar-refractivity contribution in [1.82, 2.24) is 0 Å². The normalized spacial score (nSPS) is 13.8. The van der Waals surface area contributed by atoms with E-state index in [2.05, 4.69) is 220 Å². The number of likely N-dealkylation sites (N-methyl/N-ethyl adjacent to an activating group) is 1. The topological polar surface area (TPSA) is 111 Å². The molecule has 2 atom stereocenters. The molecule has 0 saturated carbocycles. The minimum absolute atomic E-state index is 0.138. The van der Waals surface area contributed by atoms with Crippen molar-refractivity contribution in [3.63, 3.8) is 0 Å². The first kappa shape index (κ1) is 96.9. The zero-order valence-corrected chi connectivity index (χ0v) is 66.4. The first-order valence-corrected chi connectivity index (χ1v) is 41.2. The Morgan fingerprint density at radius 1 is 0.291 bits per heavy atom. The van der Waals surface area contributed by atoms with Gasteiger partial charge in [0.1, 0.15) is 13.2 Å². The number of carboxylic acid groups (broad SMARTS) is 1. The number of hydrogen-bond acceptors (Lipinski definition) is 8. The fraction of sp³-hybridized carbons (Fsp3) is 0.606. The number of aliphatic carboxylic acids is 1. The molecular formula is C94H151NO8. The molecule has 580 valence electrons. The molecule has 9 heteroatoms. The Morgan fingerprint density at radius 3 is 0.777 bits per heavy atom. The summed E-state index contributed by atoms with van der Waals surface area (Å²) < 4.78 is 22.9. The van der Waals surface area contributed by atoms with Crippen LogP contribution in [0.3, 0.4) is 0 Å². The molecule has 9 nitrogen and oxygen atoms in total. The van der Waals surface area contributed by atoms with Crippen molar-refractivity contribution in [3.05, 3.63) is 207 Å². The number of unbranched alkanes of at least 4 members (excludes halogenated alkanes) is 25. The monoisotopic (exact) mass is 1420 g/mol. The Balaban J connectivity index is 4.10. The highest BCUT2D eigenvalue weighted by molar-refractivity contribution is 5.70. The fourth-order valence-corrected chi connectivity index (χ4v) is 10.8. The lowest BCUT2D eigenvalue weighted by atomic mass is 10.0. The van der Waals surface area contributed by atoms with Gasteiger partial charge in [-0.2, -0.15) is 0 Å². The van der Waals surface area contributed by atoms with Gasteiger partial charge in [-0.1, -0.05) is 355 Å². The molecule has 0 rings (SSSR count). The fourth-order valence-electron chi connectivity index (χ4n) is 10.8. The average molecular weight is 1420 g/mol. The van der Waals surface area contributed by atoms with E-state index in [-0.39, 0.29) is 38.6 Å². The number of carboxylic acids is 1. The number of ether oxygens (including phenoxy) is 4. The summed E-state index contributed by atoms with van der Waals surface area (Å²) in [6.45, 7) is 4.51. The molecule has 0 amide bonds. The van der Waals surface area contributed by atoms with Crippen LogP contribution in [0.25, 0.3) is 0 Å². The van der Waals surface area contributed by atoms with Gasteiger partial charge in [0.05, 0.1) is 40.3 Å². The third-order valence-corrected chi connectivity index (χ3v) is 17.0. The lowest BCUT2D eigenvalue weighted by Crippen LogP contribution is -2.44. The van der Waals surface area contributed by atoms with Crippen LogP contribution in [0.5, 0.6) is 0 Å². The Morgan fingerprint density at radius 2 is 0.524 bits per heavy atom. The summed E-state index contributed by atoms with van der Waals surface area (Å²) in [6.07, 6.45) is 124. The average Bonchev–Trinajstić information content (AvgIpc) is 1.01. The van der Waals surface area contributed by atoms with Gasteiger partial charge in [-0.15, -0.1) is 0 Å². The standard InChI is InChI=1S/C94H151NO8/c1-6-8-10-12-14-16-18-20-22-24-26-28-30-32-34-36-38-40-42-44-45-46-47-49-51-53-55-57-59-61-63-65-67-69-71-73-75-77-79-81-83-85-92(97)103-90(89-102-94(93(98)99)100-87-86-95(3,4)5)88-101-91(96)84-82-80-78-76-74-72-70-68-66-64-62-60-58-56-54-52-50-48-43-41-39-37-35-33-31-29-27-25-23-21-19-17-15-13-11-9-7-2/h8-11,14-17,20-23,26-29,32-35,38-41,44-45,47-50,53,55,59,61,90,94H,6-7,12-13,18-19,24-25,30-31,36-37,42-43,46,51-52,54,56-58,60,62-89H2,1-5H3/b10-8-,11-9-,16-14-,17-15-,22-20-,23-21-,28-26-,29-27-,34-32-,35-33-,40-38-,41-39-,45-44-,49-47-,50-48-,55-53-,61-59-. The lowest BCUT2D eigenvalue weighted by molar-refractivity contribution is -0.870. The van der Waals surface area contributed by atoms with Crippen LogP contribution in [0.1, 0.15) is 309 Å². The van der Waals surface area contributed by atoms with Gasteiger partial charge in [0.15, 0.2) is 12.4 Å². The second kappa shape index (κ2) is 81.5. The first-order chi connectivity index (χ1) is 50.6. The number of carbonyl (C=O) groups is 3. The molecule has 0 aliphatic rings. The zero-order chi connectivity index (χ0) is 74.6. The van der Waals surface area contributed by atoms with Crippen LogP contribution < -0.4 is 5.11 Å². The van der Waals surface area contributed by atoms with Crippen molar-refractivity contribution in [2.75, 3.05) is 47.5 Å². The van der Waals surface area contributed by atoms with E-state index in [9.17, 15) is 19.5 Å². The van der Waals surface area contributed by atoms with Gasteiger partial charge in [-0.25, -0.2) is 0 Å². The number of allylic oxidation sites excluding steroid dienone is 34. The molecule has 0 aromatic carbocycles. The minimum atomic E-state index is -1.64. The van der Waals surface area contributed by atoms with Crippen molar-refractivity contribution in [1.29, 1.82) is 0 Å². The third kappa shape index (κ3) is 83.0. The molecule has 0 fully saturated rings. The molecule has 0 heterocycles. The SMILES string of the molecule is CC/C=C\C/C=C\C/C=C\C/C=C\C/C=C\C/C=C\C/C=C\C/C=C\C/C=C\C/C=C\CCCCCCCCCCCCC(=O)OC(COC(=O)CCCCCCCCCCCCCCCCC/C=C\C/C=C\C/C=C\C/C=C\C/C=C\C/C=C\C/C=C\CC)COC(OCC[N+](C)(C)C)C(=O)[O-]. The smallest absolute Gasteiger partial charge is 0.306 e. The highest BCUT2D eigenvalue weighted by Crippen LogP contribution is 2.17. The Labute approximate surface area is 633 Å². The Kier molecular flexibility index (Phi) is 76.7. The predicted octanol–water partition coefficient (Wildman–Crippen LogP) is 25.7. The number of hydrogen-bond donors (Lipinski definition) is 0. The van der Waals surface area contributed by atoms with Gasteiger partial charge in [0.2, 0.25) is 0 Å². The van der Waals surface area contributed by atoms with Crippen molar-refractivity contribution >= 4 is 17.9 Å². The minimum Gasteiger partial charge on any atom is -0.545 e. The van der Waals surface area contributed by atoms with E-state index in [1.54, 1.807) is 0 Å². The summed E-state index contributed by atoms with van der Waals surface area (Å²) in [5.74, 6) is -2.30. The van der Waals surface area contributed by atoms with E-state index in [4.69, 9.17) is 18.9 Å². The maximum absolute atomic E-state index is 13.0. The second-order valence-corrected chi connectivity index (χ2v) is 27.9. The summed E-state index contributed by atoms with van der Waals surface area (Å²) in [5.41, 5.74) is 0. The van der Waals surface area contributed by atoms with Gasteiger partial charge in [0.25, 0.3) is 0 Å². The molecule has 0 radical (unpaired) electrons. The molecule has 0 bridgehead atoms. The van der Waals surface area contributed by atoms with Crippen LogP contribution in [0.15, 0.2) is 207 Å². The van der Waals surface area contributed by atoms with Crippen LogP contribution in [-0.2, 0) is 33.3 Å². The van der Waals surface area contributed by atoms with Crippen LogP contribution in [0.2, 0.25) is 0 Å². The van der Waals surface area contributed by atoms with E-state index in [0.29, 0.717) is 17.4 Å². The molecule has 0 N–H and O–H groups in total. The van der Waals surface area contributed by atoms with E-state index in [1.165, 1.54) is 122 Å². The Bertz CT molecular complexity index is 2460. The summed E-state index contributed by atoms with van der Waals surface area (Å²) in [7, 11) is 5.93. The molecule has 0 aliphatic carbocycles. The summed E-state index contributed by atoms with van der Waals surface area (Å²) in [6, 6.07) is 0. The zero-order valence-electron chi connectivity index (χ0n) is 66.4. The maximum atomic E-state index is 13.0. The quantitative estimate of drug-likeness (QED) is 0.0195. The highest BCUT2D eigenvalue weighted by Gasteiger charge is 2.22. The molecule has 0 saturated heterocycles. The van der Waals surface area contributed by atoms with E-state index < -0.39 is 24.3 Å². The van der Waals surface area contributed by atoms with Crippen LogP contribution in [0.4, 0.5) is 0 Å². The first-order valence-electron chi connectivity index (χ1n) is 41.2. The van der Waals surface area contributed by atoms with Gasteiger partial charge in [-0.3, -0.25) is 9.59 Å².